The molecule has 104 valence electrons. The van der Waals surface area contributed by atoms with Crippen molar-refractivity contribution in [1.29, 1.82) is 0 Å². The Kier molecular flexibility index (Phi) is 4.77. The molecular weight excluding hydrogens is 230 g/mol. The van der Waals surface area contributed by atoms with Gasteiger partial charge in [0.15, 0.2) is 5.78 Å². The molecule has 0 radical (unpaired) electrons. The quantitative estimate of drug-likeness (QED) is 0.758. The van der Waals surface area contributed by atoms with Gasteiger partial charge in [0.25, 0.3) is 0 Å². The van der Waals surface area contributed by atoms with Gasteiger partial charge in [0.1, 0.15) is 5.60 Å². The smallest absolute Gasteiger partial charge is 0.410 e. The van der Waals surface area contributed by atoms with Gasteiger partial charge in [-0.25, -0.2) is 4.79 Å². The van der Waals surface area contributed by atoms with E-state index >= 15 is 0 Å². The van der Waals surface area contributed by atoms with E-state index in [-0.39, 0.29) is 24.5 Å². The maximum absolute atomic E-state index is 12.0. The molecular formula is C14H25NO3. The number of ketones is 1. The fourth-order valence-electron chi connectivity index (χ4n) is 1.76. The summed E-state index contributed by atoms with van der Waals surface area (Å²) in [6.45, 7) is 9.72. The second-order valence-electron chi connectivity index (χ2n) is 6.48. The Labute approximate surface area is 110 Å². The highest BCUT2D eigenvalue weighted by atomic mass is 16.6. The van der Waals surface area contributed by atoms with Crippen LogP contribution in [-0.2, 0) is 9.53 Å². The Morgan fingerprint density at radius 2 is 1.83 bits per heavy atom. The molecule has 1 fully saturated rings. The average molecular weight is 255 g/mol. The number of hydrogen-bond acceptors (Lipinski definition) is 3. The van der Waals surface area contributed by atoms with Crippen LogP contribution in [0.15, 0.2) is 0 Å². The van der Waals surface area contributed by atoms with Crippen molar-refractivity contribution in [3.63, 3.8) is 0 Å². The van der Waals surface area contributed by atoms with E-state index in [0.29, 0.717) is 12.3 Å². The van der Waals surface area contributed by atoms with Gasteiger partial charge < -0.3 is 4.74 Å². The molecule has 4 nitrogen and oxygen atoms in total. The van der Waals surface area contributed by atoms with Crippen LogP contribution in [0, 0.1) is 5.92 Å². The summed E-state index contributed by atoms with van der Waals surface area (Å²) in [6, 6.07) is 0.205. The molecule has 0 unspecified atom stereocenters. The number of rotatable bonds is 5. The summed E-state index contributed by atoms with van der Waals surface area (Å²) < 4.78 is 5.34. The Morgan fingerprint density at radius 3 is 2.22 bits per heavy atom. The summed E-state index contributed by atoms with van der Waals surface area (Å²) in [4.78, 5) is 25.4. The second kappa shape index (κ2) is 5.72. The molecule has 4 heteroatoms. The van der Waals surface area contributed by atoms with Gasteiger partial charge in [-0.15, -0.1) is 0 Å². The maximum Gasteiger partial charge on any atom is 0.410 e. The van der Waals surface area contributed by atoms with Crippen LogP contribution in [0.2, 0.25) is 0 Å². The first-order valence-electron chi connectivity index (χ1n) is 6.70. The standard InChI is InChI=1S/C14H25NO3/c1-10(2)8-12(16)9-15(11-6-7-11)13(17)18-14(3,4)5/h10-11H,6-9H2,1-5H3. The summed E-state index contributed by atoms with van der Waals surface area (Å²) >= 11 is 0. The third-order valence-electron chi connectivity index (χ3n) is 2.60. The van der Waals surface area contributed by atoms with Gasteiger partial charge in [-0.3, -0.25) is 9.69 Å². The van der Waals surface area contributed by atoms with E-state index in [4.69, 9.17) is 4.74 Å². The molecule has 0 heterocycles. The molecule has 0 aliphatic heterocycles. The minimum absolute atomic E-state index is 0.114. The first kappa shape index (κ1) is 15.0. The predicted molar refractivity (Wildman–Crippen MR) is 70.4 cm³/mol. The van der Waals surface area contributed by atoms with Gasteiger partial charge in [0.05, 0.1) is 6.54 Å². The Hall–Kier alpha value is -1.06. The van der Waals surface area contributed by atoms with Crippen molar-refractivity contribution >= 4 is 11.9 Å². The molecule has 0 spiro atoms. The van der Waals surface area contributed by atoms with E-state index in [1.54, 1.807) is 4.90 Å². The summed E-state index contributed by atoms with van der Waals surface area (Å²) in [6.07, 6.45) is 2.12. The molecule has 1 saturated carbocycles. The zero-order valence-corrected chi connectivity index (χ0v) is 12.2. The monoisotopic (exact) mass is 255 g/mol. The lowest BCUT2D eigenvalue weighted by Crippen LogP contribution is -2.41. The van der Waals surface area contributed by atoms with E-state index < -0.39 is 5.60 Å². The summed E-state index contributed by atoms with van der Waals surface area (Å²) in [5.41, 5.74) is -0.509. The normalized spacial score (nSPS) is 15.7. The van der Waals surface area contributed by atoms with Crippen molar-refractivity contribution in [1.82, 2.24) is 4.90 Å². The van der Waals surface area contributed by atoms with E-state index in [1.807, 2.05) is 34.6 Å². The van der Waals surface area contributed by atoms with Crippen LogP contribution in [-0.4, -0.2) is 35.0 Å². The lowest BCUT2D eigenvalue weighted by atomic mass is 10.1. The first-order valence-corrected chi connectivity index (χ1v) is 6.70. The van der Waals surface area contributed by atoms with Crippen molar-refractivity contribution in [2.75, 3.05) is 6.54 Å². The third-order valence-corrected chi connectivity index (χ3v) is 2.60. The number of carbonyl (C=O) groups is 2. The topological polar surface area (TPSA) is 46.6 Å². The highest BCUT2D eigenvalue weighted by Crippen LogP contribution is 2.28. The Balaban J connectivity index is 2.55. The number of Topliss-reactive ketones (excluding diaryl/α,β-unsaturated/α-hetero) is 1. The lowest BCUT2D eigenvalue weighted by molar-refractivity contribution is -0.121. The van der Waals surface area contributed by atoms with Crippen LogP contribution in [0.4, 0.5) is 4.79 Å². The maximum atomic E-state index is 12.0. The first-order chi connectivity index (χ1) is 8.19. The molecule has 0 aromatic carbocycles. The number of ether oxygens (including phenoxy) is 1. The van der Waals surface area contributed by atoms with Crippen LogP contribution in [0.5, 0.6) is 0 Å². The Bertz CT molecular complexity index is 313. The van der Waals surface area contributed by atoms with E-state index in [9.17, 15) is 9.59 Å². The van der Waals surface area contributed by atoms with Crippen LogP contribution in [0.25, 0.3) is 0 Å². The van der Waals surface area contributed by atoms with Crippen LogP contribution in [0.3, 0.4) is 0 Å². The van der Waals surface area contributed by atoms with Crippen LogP contribution >= 0.6 is 0 Å². The molecule has 0 aromatic rings. The van der Waals surface area contributed by atoms with Crippen LogP contribution in [0.1, 0.15) is 53.9 Å². The third kappa shape index (κ3) is 5.52. The molecule has 18 heavy (non-hydrogen) atoms. The van der Waals surface area contributed by atoms with Gasteiger partial charge >= 0.3 is 6.09 Å². The summed E-state index contributed by atoms with van der Waals surface area (Å²) in [5, 5.41) is 0. The predicted octanol–water partition coefficient (Wildman–Crippen LogP) is 3.00. The van der Waals surface area contributed by atoms with Crippen molar-refractivity contribution < 1.29 is 14.3 Å². The van der Waals surface area contributed by atoms with E-state index in [0.717, 1.165) is 12.8 Å². The molecule has 1 amide bonds. The molecule has 0 saturated heterocycles. The molecule has 0 bridgehead atoms. The Morgan fingerprint density at radius 1 is 1.28 bits per heavy atom. The zero-order valence-electron chi connectivity index (χ0n) is 12.2. The second-order valence-corrected chi connectivity index (χ2v) is 6.48. The van der Waals surface area contributed by atoms with Gasteiger partial charge in [-0.05, 0) is 39.5 Å². The largest absolute Gasteiger partial charge is 0.444 e. The van der Waals surface area contributed by atoms with Crippen molar-refractivity contribution in [2.24, 2.45) is 5.92 Å². The van der Waals surface area contributed by atoms with E-state index in [2.05, 4.69) is 0 Å². The molecule has 0 aromatic heterocycles. The number of hydrogen-bond donors (Lipinski definition) is 0. The van der Waals surface area contributed by atoms with Crippen molar-refractivity contribution in [3.05, 3.63) is 0 Å². The fourth-order valence-corrected chi connectivity index (χ4v) is 1.76. The van der Waals surface area contributed by atoms with Gasteiger partial charge in [-0.1, -0.05) is 13.8 Å². The van der Waals surface area contributed by atoms with Gasteiger partial charge in [0, 0.05) is 12.5 Å². The van der Waals surface area contributed by atoms with Gasteiger partial charge in [0.2, 0.25) is 0 Å². The minimum atomic E-state index is -0.509. The SMILES string of the molecule is CC(C)CC(=O)CN(C(=O)OC(C)(C)C)C1CC1. The van der Waals surface area contributed by atoms with Crippen molar-refractivity contribution in [2.45, 2.75) is 65.5 Å². The van der Waals surface area contributed by atoms with Crippen LogP contribution < -0.4 is 0 Å². The minimum Gasteiger partial charge on any atom is -0.444 e. The molecule has 0 N–H and O–H groups in total. The lowest BCUT2D eigenvalue weighted by Gasteiger charge is -2.27. The highest BCUT2D eigenvalue weighted by Gasteiger charge is 2.36. The molecule has 0 atom stereocenters. The molecule has 1 aliphatic rings. The van der Waals surface area contributed by atoms with Crippen molar-refractivity contribution in [3.8, 4) is 0 Å². The molecule has 1 rings (SSSR count). The molecule has 1 aliphatic carbocycles. The number of nitrogens with zero attached hydrogens (tertiary/aromatic N) is 1. The summed E-state index contributed by atoms with van der Waals surface area (Å²) in [7, 11) is 0. The summed E-state index contributed by atoms with van der Waals surface area (Å²) in [5.74, 6) is 0.444. The van der Waals surface area contributed by atoms with Gasteiger partial charge in [-0.2, -0.15) is 0 Å². The van der Waals surface area contributed by atoms with E-state index in [1.165, 1.54) is 0 Å². The number of carbonyl (C=O) groups excluding carboxylic acids is 2. The number of amides is 1. The average Bonchev–Trinajstić information content (AvgIpc) is 2.92. The highest BCUT2D eigenvalue weighted by molar-refractivity contribution is 5.84. The fraction of sp³-hybridized carbons (Fsp3) is 0.857. The zero-order chi connectivity index (χ0) is 13.9.